The molecule has 62 valence electrons. The summed E-state index contributed by atoms with van der Waals surface area (Å²) in [5, 5.41) is 12.1. The lowest BCUT2D eigenvalue weighted by Crippen LogP contribution is -2.41. The molecule has 1 aromatic rings. The van der Waals surface area contributed by atoms with Crippen LogP contribution >= 0.6 is 0 Å². The molecule has 1 amide bonds. The summed E-state index contributed by atoms with van der Waals surface area (Å²) >= 11 is 0. The van der Waals surface area contributed by atoms with Gasteiger partial charge < -0.3 is 10.4 Å². The molecular formula is C9H9NO2. The molecule has 1 atom stereocenters. The standard InChI is InChI=1S/C9H9NO2/c11-8-4-2-1-3-6(8)7-5-9(12)10-7/h1-4,7,11H,5H2,(H,10,12). The first-order valence-electron chi connectivity index (χ1n) is 3.84. The number of amides is 1. The summed E-state index contributed by atoms with van der Waals surface area (Å²) in [7, 11) is 0. The van der Waals surface area contributed by atoms with E-state index in [-0.39, 0.29) is 17.7 Å². The van der Waals surface area contributed by atoms with E-state index in [0.29, 0.717) is 6.42 Å². The second-order valence-electron chi connectivity index (χ2n) is 2.88. The van der Waals surface area contributed by atoms with Gasteiger partial charge in [0.2, 0.25) is 5.91 Å². The van der Waals surface area contributed by atoms with Gasteiger partial charge in [0.1, 0.15) is 5.75 Å². The van der Waals surface area contributed by atoms with Crippen LogP contribution in [0.1, 0.15) is 18.0 Å². The van der Waals surface area contributed by atoms with Crippen molar-refractivity contribution in [2.24, 2.45) is 0 Å². The van der Waals surface area contributed by atoms with Gasteiger partial charge in [0.15, 0.2) is 0 Å². The molecule has 1 fully saturated rings. The normalized spacial score (nSPS) is 21.3. The van der Waals surface area contributed by atoms with Crippen molar-refractivity contribution in [2.75, 3.05) is 0 Å². The van der Waals surface area contributed by atoms with E-state index in [4.69, 9.17) is 0 Å². The summed E-state index contributed by atoms with van der Waals surface area (Å²) in [5.41, 5.74) is 0.803. The first-order valence-corrected chi connectivity index (χ1v) is 3.84. The highest BCUT2D eigenvalue weighted by molar-refractivity contribution is 5.83. The molecule has 0 aromatic heterocycles. The van der Waals surface area contributed by atoms with Crippen molar-refractivity contribution < 1.29 is 9.90 Å². The third-order valence-electron chi connectivity index (χ3n) is 2.04. The first-order chi connectivity index (χ1) is 5.77. The highest BCUT2D eigenvalue weighted by Gasteiger charge is 2.28. The quantitative estimate of drug-likeness (QED) is 0.605. The summed E-state index contributed by atoms with van der Waals surface area (Å²) in [4.78, 5) is 10.6. The Balaban J connectivity index is 2.23. The molecule has 3 heteroatoms. The van der Waals surface area contributed by atoms with Gasteiger partial charge in [-0.3, -0.25) is 4.79 Å². The molecule has 1 unspecified atom stereocenters. The number of hydrogen-bond donors (Lipinski definition) is 2. The smallest absolute Gasteiger partial charge is 0.222 e. The molecule has 0 saturated carbocycles. The van der Waals surface area contributed by atoms with Crippen LogP contribution in [0.3, 0.4) is 0 Å². The van der Waals surface area contributed by atoms with Crippen LogP contribution in [0.5, 0.6) is 5.75 Å². The third kappa shape index (κ3) is 1.03. The Bertz CT molecular complexity index is 314. The number of nitrogens with one attached hydrogen (secondary N) is 1. The van der Waals surface area contributed by atoms with Crippen molar-refractivity contribution in [3.8, 4) is 5.75 Å². The first kappa shape index (κ1) is 7.16. The highest BCUT2D eigenvalue weighted by atomic mass is 16.3. The molecule has 0 aliphatic carbocycles. The van der Waals surface area contributed by atoms with Crippen molar-refractivity contribution in [2.45, 2.75) is 12.5 Å². The Morgan fingerprint density at radius 2 is 2.08 bits per heavy atom. The van der Waals surface area contributed by atoms with Crippen molar-refractivity contribution >= 4 is 5.91 Å². The summed E-state index contributed by atoms with van der Waals surface area (Å²) in [6, 6.07) is 7.07. The molecule has 1 aromatic carbocycles. The number of carbonyl (C=O) groups is 1. The molecule has 1 heterocycles. The lowest BCUT2D eigenvalue weighted by atomic mass is 9.96. The zero-order valence-electron chi connectivity index (χ0n) is 6.45. The predicted octanol–water partition coefficient (Wildman–Crippen LogP) is 0.953. The molecule has 2 rings (SSSR count). The summed E-state index contributed by atoms with van der Waals surface area (Å²) < 4.78 is 0. The molecule has 0 radical (unpaired) electrons. The van der Waals surface area contributed by atoms with Gasteiger partial charge in [0, 0.05) is 5.56 Å². The van der Waals surface area contributed by atoms with Crippen molar-refractivity contribution in [1.82, 2.24) is 5.32 Å². The maximum absolute atomic E-state index is 10.6. The molecule has 12 heavy (non-hydrogen) atoms. The zero-order valence-corrected chi connectivity index (χ0v) is 6.45. The van der Waals surface area contributed by atoms with Gasteiger partial charge in [-0.15, -0.1) is 0 Å². The van der Waals surface area contributed by atoms with Crippen LogP contribution in [-0.4, -0.2) is 11.0 Å². The average Bonchev–Trinajstić information content (AvgIpc) is 2.01. The SMILES string of the molecule is O=C1CC(c2ccccc2O)N1. The van der Waals surface area contributed by atoms with Gasteiger partial charge in [0.25, 0.3) is 0 Å². The Labute approximate surface area is 70.0 Å². The third-order valence-corrected chi connectivity index (χ3v) is 2.04. The fraction of sp³-hybridized carbons (Fsp3) is 0.222. The molecule has 2 N–H and O–H groups in total. The van der Waals surface area contributed by atoms with E-state index in [1.165, 1.54) is 0 Å². The number of hydrogen-bond acceptors (Lipinski definition) is 2. The van der Waals surface area contributed by atoms with Gasteiger partial charge in [-0.2, -0.15) is 0 Å². The van der Waals surface area contributed by atoms with Crippen LogP contribution in [0.2, 0.25) is 0 Å². The largest absolute Gasteiger partial charge is 0.508 e. The summed E-state index contributed by atoms with van der Waals surface area (Å²) in [5.74, 6) is 0.297. The predicted molar refractivity (Wildman–Crippen MR) is 43.6 cm³/mol. The lowest BCUT2D eigenvalue weighted by molar-refractivity contribution is -0.128. The molecule has 0 spiro atoms. The van der Waals surface area contributed by atoms with E-state index in [1.54, 1.807) is 12.1 Å². The Kier molecular flexibility index (Phi) is 1.50. The van der Waals surface area contributed by atoms with Gasteiger partial charge in [0.05, 0.1) is 12.5 Å². The fourth-order valence-electron chi connectivity index (χ4n) is 1.33. The number of β-lactam (4-membered cyclic amide) rings is 1. The Morgan fingerprint density at radius 3 is 2.67 bits per heavy atom. The monoisotopic (exact) mass is 163 g/mol. The van der Waals surface area contributed by atoms with E-state index in [1.807, 2.05) is 12.1 Å². The van der Waals surface area contributed by atoms with Crippen LogP contribution in [0.25, 0.3) is 0 Å². The summed E-state index contributed by atoms with van der Waals surface area (Å²) in [6.07, 6.45) is 0.484. The van der Waals surface area contributed by atoms with Crippen molar-refractivity contribution in [1.29, 1.82) is 0 Å². The van der Waals surface area contributed by atoms with Gasteiger partial charge >= 0.3 is 0 Å². The number of aromatic hydroxyl groups is 1. The molecule has 3 nitrogen and oxygen atoms in total. The van der Waals surface area contributed by atoms with Gasteiger partial charge in [-0.1, -0.05) is 18.2 Å². The highest BCUT2D eigenvalue weighted by Crippen LogP contribution is 2.30. The molecule has 1 aliphatic heterocycles. The molecule has 1 saturated heterocycles. The van der Waals surface area contributed by atoms with E-state index in [9.17, 15) is 9.90 Å². The average molecular weight is 163 g/mol. The maximum atomic E-state index is 10.6. The Morgan fingerprint density at radius 1 is 1.42 bits per heavy atom. The van der Waals surface area contributed by atoms with E-state index >= 15 is 0 Å². The number of para-hydroxylation sites is 1. The number of carbonyl (C=O) groups excluding carboxylic acids is 1. The van der Waals surface area contributed by atoms with E-state index < -0.39 is 0 Å². The Hall–Kier alpha value is -1.51. The minimum Gasteiger partial charge on any atom is -0.508 e. The van der Waals surface area contributed by atoms with Crippen molar-refractivity contribution in [3.63, 3.8) is 0 Å². The second-order valence-corrected chi connectivity index (χ2v) is 2.88. The maximum Gasteiger partial charge on any atom is 0.222 e. The minimum atomic E-state index is 0.0127. The van der Waals surface area contributed by atoms with Crippen LogP contribution in [-0.2, 0) is 4.79 Å². The lowest BCUT2D eigenvalue weighted by Gasteiger charge is -2.27. The van der Waals surface area contributed by atoms with Crippen LogP contribution < -0.4 is 5.32 Å². The number of phenols is 1. The molecule has 1 aliphatic rings. The molecule has 0 bridgehead atoms. The zero-order chi connectivity index (χ0) is 8.55. The minimum absolute atomic E-state index is 0.0127. The van der Waals surface area contributed by atoms with Gasteiger partial charge in [-0.05, 0) is 6.07 Å². The molecular weight excluding hydrogens is 154 g/mol. The van der Waals surface area contributed by atoms with Crippen molar-refractivity contribution in [3.05, 3.63) is 29.8 Å². The van der Waals surface area contributed by atoms with Crippen LogP contribution in [0.15, 0.2) is 24.3 Å². The van der Waals surface area contributed by atoms with E-state index in [0.717, 1.165) is 5.56 Å². The van der Waals surface area contributed by atoms with Crippen LogP contribution in [0.4, 0.5) is 0 Å². The number of rotatable bonds is 1. The second kappa shape index (κ2) is 2.52. The number of benzene rings is 1. The summed E-state index contributed by atoms with van der Waals surface area (Å²) in [6.45, 7) is 0. The number of phenolic OH excluding ortho intramolecular Hbond substituents is 1. The van der Waals surface area contributed by atoms with Gasteiger partial charge in [-0.25, -0.2) is 0 Å². The van der Waals surface area contributed by atoms with Crippen LogP contribution in [0, 0.1) is 0 Å². The topological polar surface area (TPSA) is 49.3 Å². The fourth-order valence-corrected chi connectivity index (χ4v) is 1.33. The van der Waals surface area contributed by atoms with E-state index in [2.05, 4.69) is 5.32 Å².